The molecular formula is C11H22O4S. The molecule has 0 atom stereocenters. The summed E-state index contributed by atoms with van der Waals surface area (Å²) >= 11 is 0. The van der Waals surface area contributed by atoms with Gasteiger partial charge in [-0.05, 0) is 12.8 Å². The van der Waals surface area contributed by atoms with E-state index in [1.807, 2.05) is 13.8 Å². The molecule has 0 spiro atoms. The van der Waals surface area contributed by atoms with Crippen molar-refractivity contribution in [3.8, 4) is 0 Å². The van der Waals surface area contributed by atoms with Crippen LogP contribution in [0.3, 0.4) is 0 Å². The van der Waals surface area contributed by atoms with Crippen molar-refractivity contribution in [2.45, 2.75) is 52.4 Å². The number of hydrogen-bond acceptors (Lipinski definition) is 4. The van der Waals surface area contributed by atoms with Gasteiger partial charge in [-0.25, -0.2) is 13.2 Å². The zero-order chi connectivity index (χ0) is 12.4. The molecule has 0 aliphatic heterocycles. The van der Waals surface area contributed by atoms with Crippen LogP contribution in [0.15, 0.2) is 0 Å². The molecular weight excluding hydrogens is 228 g/mol. The Hall–Kier alpha value is -0.580. The fraction of sp³-hybridized carbons (Fsp3) is 0.909. The number of carbonyl (C=O) groups excluding carboxylic acids is 1. The van der Waals surface area contributed by atoms with Gasteiger partial charge in [-0.2, -0.15) is 0 Å². The first kappa shape index (κ1) is 15.4. The first-order valence-corrected chi connectivity index (χ1v) is 7.59. The highest BCUT2D eigenvalue weighted by molar-refractivity contribution is 8.05. The largest absolute Gasteiger partial charge is 0.454 e. The van der Waals surface area contributed by atoms with Gasteiger partial charge in [-0.3, -0.25) is 0 Å². The molecule has 96 valence electrons. The molecule has 0 aliphatic rings. The van der Waals surface area contributed by atoms with E-state index in [4.69, 9.17) is 4.74 Å². The maximum Gasteiger partial charge on any atom is 0.424 e. The molecule has 0 aliphatic carbocycles. The van der Waals surface area contributed by atoms with Crippen molar-refractivity contribution in [2.24, 2.45) is 0 Å². The van der Waals surface area contributed by atoms with E-state index in [2.05, 4.69) is 0 Å². The lowest BCUT2D eigenvalue weighted by Crippen LogP contribution is -2.20. The summed E-state index contributed by atoms with van der Waals surface area (Å²) < 4.78 is 27.5. The molecule has 0 fully saturated rings. The van der Waals surface area contributed by atoms with Crippen LogP contribution < -0.4 is 0 Å². The molecule has 0 unspecified atom stereocenters. The van der Waals surface area contributed by atoms with Gasteiger partial charge in [-0.15, -0.1) is 0 Å². The monoisotopic (exact) mass is 250 g/mol. The maximum absolute atomic E-state index is 11.4. The summed E-state index contributed by atoms with van der Waals surface area (Å²) in [4.78, 5) is 11.2. The second kappa shape index (κ2) is 8.56. The molecule has 0 aromatic heterocycles. The SMILES string of the molecule is CCCCCOC(=O)S(=O)(=O)CCCCC. The summed E-state index contributed by atoms with van der Waals surface area (Å²) in [6, 6.07) is 0. The molecule has 0 N–H and O–H groups in total. The maximum atomic E-state index is 11.4. The van der Waals surface area contributed by atoms with Crippen LogP contribution in [-0.4, -0.2) is 26.1 Å². The normalized spacial score (nSPS) is 11.4. The van der Waals surface area contributed by atoms with Crippen LogP contribution >= 0.6 is 0 Å². The first-order chi connectivity index (χ1) is 7.54. The van der Waals surface area contributed by atoms with Crippen LogP contribution in [0.2, 0.25) is 0 Å². The zero-order valence-electron chi connectivity index (χ0n) is 10.2. The summed E-state index contributed by atoms with van der Waals surface area (Å²) in [5.74, 6) is -0.0898. The number of hydrogen-bond donors (Lipinski definition) is 0. The minimum absolute atomic E-state index is 0.0898. The fourth-order valence-corrected chi connectivity index (χ4v) is 2.24. The van der Waals surface area contributed by atoms with Crippen molar-refractivity contribution < 1.29 is 17.9 Å². The molecule has 5 heteroatoms. The van der Waals surface area contributed by atoms with Crippen LogP contribution in [0.5, 0.6) is 0 Å². The van der Waals surface area contributed by atoms with Gasteiger partial charge in [-0.1, -0.05) is 39.5 Å². The van der Waals surface area contributed by atoms with E-state index in [0.717, 1.165) is 32.1 Å². The Morgan fingerprint density at radius 3 is 2.12 bits per heavy atom. The van der Waals surface area contributed by atoms with Crippen molar-refractivity contribution in [1.82, 2.24) is 0 Å². The Balaban J connectivity index is 3.86. The molecule has 16 heavy (non-hydrogen) atoms. The third-order valence-electron chi connectivity index (χ3n) is 2.24. The lowest BCUT2D eigenvalue weighted by molar-refractivity contribution is 0.169. The summed E-state index contributed by atoms with van der Waals surface area (Å²) in [7, 11) is -3.68. The van der Waals surface area contributed by atoms with Crippen molar-refractivity contribution in [2.75, 3.05) is 12.4 Å². The minimum atomic E-state index is -3.68. The summed E-state index contributed by atoms with van der Waals surface area (Å²) in [6.07, 6.45) is 4.98. The highest BCUT2D eigenvalue weighted by Crippen LogP contribution is 2.04. The Morgan fingerprint density at radius 1 is 1.00 bits per heavy atom. The molecule has 0 aromatic rings. The molecule has 0 saturated heterocycles. The third-order valence-corrected chi connectivity index (χ3v) is 3.69. The number of carbonyl (C=O) groups is 1. The van der Waals surface area contributed by atoms with E-state index in [1.54, 1.807) is 0 Å². The number of ether oxygens (including phenoxy) is 1. The van der Waals surface area contributed by atoms with Crippen molar-refractivity contribution in [1.29, 1.82) is 0 Å². The number of rotatable bonds is 8. The van der Waals surface area contributed by atoms with E-state index in [-0.39, 0.29) is 12.4 Å². The molecule has 0 saturated carbocycles. The molecule has 4 nitrogen and oxygen atoms in total. The van der Waals surface area contributed by atoms with E-state index >= 15 is 0 Å². The van der Waals surface area contributed by atoms with Crippen molar-refractivity contribution in [3.05, 3.63) is 0 Å². The topological polar surface area (TPSA) is 60.4 Å². The van der Waals surface area contributed by atoms with Gasteiger partial charge in [0.1, 0.15) is 0 Å². The predicted octanol–water partition coefficient (Wildman–Crippen LogP) is 2.92. The van der Waals surface area contributed by atoms with Gasteiger partial charge in [0, 0.05) is 0 Å². The Kier molecular flexibility index (Phi) is 8.25. The standard InChI is InChI=1S/C11H22O4S/c1-3-5-7-9-15-11(12)16(13,14)10-8-6-4-2/h3-10H2,1-2H3. The highest BCUT2D eigenvalue weighted by Gasteiger charge is 2.22. The number of sulfone groups is 1. The Labute approximate surface area is 98.3 Å². The van der Waals surface area contributed by atoms with Gasteiger partial charge in [0.25, 0.3) is 9.84 Å². The lowest BCUT2D eigenvalue weighted by atomic mass is 10.3. The summed E-state index contributed by atoms with van der Waals surface area (Å²) in [5.41, 5.74) is 0. The Morgan fingerprint density at radius 2 is 1.56 bits per heavy atom. The van der Waals surface area contributed by atoms with Crippen molar-refractivity contribution >= 4 is 15.1 Å². The van der Waals surface area contributed by atoms with Crippen molar-refractivity contribution in [3.63, 3.8) is 0 Å². The Bertz CT molecular complexity index is 282. The predicted molar refractivity (Wildman–Crippen MR) is 64.2 cm³/mol. The van der Waals surface area contributed by atoms with E-state index < -0.39 is 15.1 Å². The van der Waals surface area contributed by atoms with Crippen LogP contribution in [0.1, 0.15) is 52.4 Å². The first-order valence-electron chi connectivity index (χ1n) is 5.94. The van der Waals surface area contributed by atoms with E-state index in [1.165, 1.54) is 0 Å². The highest BCUT2D eigenvalue weighted by atomic mass is 32.2. The minimum Gasteiger partial charge on any atom is -0.454 e. The van der Waals surface area contributed by atoms with Gasteiger partial charge in [0.2, 0.25) is 0 Å². The zero-order valence-corrected chi connectivity index (χ0v) is 11.0. The smallest absolute Gasteiger partial charge is 0.424 e. The number of unbranched alkanes of at least 4 members (excludes halogenated alkanes) is 4. The van der Waals surface area contributed by atoms with Crippen LogP contribution in [0.4, 0.5) is 4.79 Å². The van der Waals surface area contributed by atoms with E-state index in [9.17, 15) is 13.2 Å². The molecule has 0 aromatic carbocycles. The average Bonchev–Trinajstić information content (AvgIpc) is 2.24. The lowest BCUT2D eigenvalue weighted by Gasteiger charge is -2.04. The van der Waals surface area contributed by atoms with Gasteiger partial charge in [0.05, 0.1) is 12.4 Å². The molecule has 0 heterocycles. The van der Waals surface area contributed by atoms with Gasteiger partial charge >= 0.3 is 5.30 Å². The molecule has 0 radical (unpaired) electrons. The molecule has 0 amide bonds. The van der Waals surface area contributed by atoms with Crippen LogP contribution in [-0.2, 0) is 14.6 Å². The van der Waals surface area contributed by atoms with Gasteiger partial charge in [0.15, 0.2) is 0 Å². The quantitative estimate of drug-likeness (QED) is 0.491. The second-order valence-corrected chi connectivity index (χ2v) is 5.80. The van der Waals surface area contributed by atoms with Gasteiger partial charge < -0.3 is 4.74 Å². The average molecular weight is 250 g/mol. The summed E-state index contributed by atoms with van der Waals surface area (Å²) in [5, 5.41) is -1.06. The third kappa shape index (κ3) is 6.82. The molecule has 0 bridgehead atoms. The van der Waals surface area contributed by atoms with Crippen LogP contribution in [0.25, 0.3) is 0 Å². The molecule has 0 rings (SSSR count). The second-order valence-electron chi connectivity index (χ2n) is 3.83. The summed E-state index contributed by atoms with van der Waals surface area (Å²) in [6.45, 7) is 4.22. The van der Waals surface area contributed by atoms with Crippen LogP contribution in [0, 0.1) is 0 Å². The van der Waals surface area contributed by atoms with E-state index in [0.29, 0.717) is 6.42 Å². The fourth-order valence-electron chi connectivity index (χ4n) is 1.22.